The number of allylic oxidation sites excluding steroid dienone is 1. The van der Waals surface area contributed by atoms with E-state index in [1.54, 1.807) is 19.4 Å². The summed E-state index contributed by atoms with van der Waals surface area (Å²) in [6.07, 6.45) is 5.16. The van der Waals surface area contributed by atoms with Gasteiger partial charge in [-0.3, -0.25) is 9.78 Å². The molecule has 1 heterocycles. The van der Waals surface area contributed by atoms with Crippen molar-refractivity contribution >= 4 is 22.8 Å². The van der Waals surface area contributed by atoms with Gasteiger partial charge in [-0.25, -0.2) is 0 Å². The van der Waals surface area contributed by atoms with Crippen LogP contribution < -0.4 is 4.74 Å². The molecule has 114 valence electrons. The first-order valence-electron chi connectivity index (χ1n) is 7.39. The monoisotopic (exact) mass is 303 g/mol. The number of ketones is 1. The summed E-state index contributed by atoms with van der Waals surface area (Å²) >= 11 is 0. The highest BCUT2D eigenvalue weighted by Crippen LogP contribution is 2.21. The number of carbonyl (C=O) groups excluding carboxylic acids is 1. The van der Waals surface area contributed by atoms with Crippen molar-refractivity contribution in [1.29, 1.82) is 0 Å². The first-order valence-corrected chi connectivity index (χ1v) is 7.39. The molecule has 23 heavy (non-hydrogen) atoms. The number of methoxy groups -OCH3 is 1. The topological polar surface area (TPSA) is 39.2 Å². The van der Waals surface area contributed by atoms with Crippen LogP contribution in [0.4, 0.5) is 0 Å². The Kier molecular flexibility index (Phi) is 4.20. The Bertz CT molecular complexity index is 897. The molecule has 0 spiro atoms. The number of hydrogen-bond donors (Lipinski definition) is 0. The smallest absolute Gasteiger partial charge is 0.189 e. The number of rotatable bonds is 4. The molecule has 3 heteroatoms. The van der Waals surface area contributed by atoms with Crippen molar-refractivity contribution in [2.45, 2.75) is 6.92 Å². The van der Waals surface area contributed by atoms with Gasteiger partial charge in [0, 0.05) is 11.6 Å². The van der Waals surface area contributed by atoms with Crippen molar-refractivity contribution in [3.8, 4) is 5.75 Å². The lowest BCUT2D eigenvalue weighted by atomic mass is 10.0. The fraction of sp³-hybridized carbons (Fsp3) is 0.100. The van der Waals surface area contributed by atoms with Crippen LogP contribution in [-0.2, 0) is 0 Å². The lowest BCUT2D eigenvalue weighted by Gasteiger charge is -2.06. The van der Waals surface area contributed by atoms with Crippen molar-refractivity contribution in [2.75, 3.05) is 7.11 Å². The summed E-state index contributed by atoms with van der Waals surface area (Å²) in [5.41, 5.74) is 3.51. The van der Waals surface area contributed by atoms with Gasteiger partial charge in [0.15, 0.2) is 5.78 Å². The van der Waals surface area contributed by atoms with E-state index in [4.69, 9.17) is 4.74 Å². The fourth-order valence-electron chi connectivity index (χ4n) is 2.47. The largest absolute Gasteiger partial charge is 0.496 e. The minimum Gasteiger partial charge on any atom is -0.496 e. The van der Waals surface area contributed by atoms with Gasteiger partial charge in [-0.05, 0) is 48.9 Å². The van der Waals surface area contributed by atoms with Crippen molar-refractivity contribution in [2.24, 2.45) is 0 Å². The Hall–Kier alpha value is -2.94. The highest BCUT2D eigenvalue weighted by Gasteiger charge is 2.09. The van der Waals surface area contributed by atoms with Crippen molar-refractivity contribution in [3.63, 3.8) is 0 Å². The summed E-state index contributed by atoms with van der Waals surface area (Å²) in [4.78, 5) is 16.7. The van der Waals surface area contributed by atoms with E-state index in [1.165, 1.54) is 0 Å². The molecule has 1 aromatic heterocycles. The average molecular weight is 303 g/mol. The Morgan fingerprint density at radius 1 is 1.13 bits per heavy atom. The van der Waals surface area contributed by atoms with Crippen LogP contribution in [0.5, 0.6) is 5.75 Å². The highest BCUT2D eigenvalue weighted by atomic mass is 16.5. The van der Waals surface area contributed by atoms with Gasteiger partial charge in [0.1, 0.15) is 5.75 Å². The van der Waals surface area contributed by atoms with Gasteiger partial charge < -0.3 is 4.74 Å². The van der Waals surface area contributed by atoms with Gasteiger partial charge in [0.25, 0.3) is 0 Å². The standard InChI is InChI=1S/C20H17NO2/c1-14-5-10-20(23-2)17(12-14)19(22)9-7-15-6-8-18-16(13-15)4-3-11-21-18/h3-13H,1-2H3/b9-7+. The maximum atomic E-state index is 12.4. The van der Waals surface area contributed by atoms with E-state index in [2.05, 4.69) is 4.98 Å². The summed E-state index contributed by atoms with van der Waals surface area (Å²) in [6.45, 7) is 1.95. The number of hydrogen-bond acceptors (Lipinski definition) is 3. The normalized spacial score (nSPS) is 11.0. The van der Waals surface area contributed by atoms with E-state index in [-0.39, 0.29) is 5.78 Å². The zero-order valence-electron chi connectivity index (χ0n) is 13.1. The molecule has 0 aliphatic carbocycles. The molecule has 0 radical (unpaired) electrons. The second-order valence-corrected chi connectivity index (χ2v) is 5.36. The van der Waals surface area contributed by atoms with Gasteiger partial charge in [0.2, 0.25) is 0 Å². The Labute approximate surface area is 135 Å². The zero-order chi connectivity index (χ0) is 16.2. The molecule has 0 fully saturated rings. The van der Waals surface area contributed by atoms with Crippen molar-refractivity contribution in [1.82, 2.24) is 4.98 Å². The Balaban J connectivity index is 1.89. The molecule has 2 aromatic carbocycles. The molecule has 0 amide bonds. The molecule has 0 aliphatic heterocycles. The van der Waals surface area contributed by atoms with Gasteiger partial charge in [-0.1, -0.05) is 29.8 Å². The maximum Gasteiger partial charge on any atom is 0.189 e. The molecule has 3 aromatic rings. The zero-order valence-corrected chi connectivity index (χ0v) is 13.1. The van der Waals surface area contributed by atoms with Crippen molar-refractivity contribution < 1.29 is 9.53 Å². The number of carbonyl (C=O) groups is 1. The number of benzene rings is 2. The number of ether oxygens (including phenoxy) is 1. The SMILES string of the molecule is COc1ccc(C)cc1C(=O)/C=C/c1ccc2ncccc2c1. The van der Waals surface area contributed by atoms with Gasteiger partial charge >= 0.3 is 0 Å². The van der Waals surface area contributed by atoms with Crippen LogP contribution >= 0.6 is 0 Å². The molecular formula is C20H17NO2. The van der Waals surface area contributed by atoms with E-state index in [0.717, 1.165) is 22.0 Å². The summed E-state index contributed by atoms with van der Waals surface area (Å²) in [6, 6.07) is 15.4. The molecule has 0 atom stereocenters. The molecule has 0 aliphatic rings. The fourth-order valence-corrected chi connectivity index (χ4v) is 2.47. The second-order valence-electron chi connectivity index (χ2n) is 5.36. The van der Waals surface area contributed by atoms with Gasteiger partial charge in [-0.15, -0.1) is 0 Å². The van der Waals surface area contributed by atoms with E-state index in [9.17, 15) is 4.79 Å². The highest BCUT2D eigenvalue weighted by molar-refractivity contribution is 6.08. The molecule has 3 nitrogen and oxygen atoms in total. The average Bonchev–Trinajstić information content (AvgIpc) is 2.59. The van der Waals surface area contributed by atoms with Crippen LogP contribution in [0.15, 0.2) is 60.8 Å². The summed E-state index contributed by atoms with van der Waals surface area (Å²) in [7, 11) is 1.57. The third kappa shape index (κ3) is 3.29. The molecule has 0 N–H and O–H groups in total. The minimum atomic E-state index is -0.0724. The molecule has 0 unspecified atom stereocenters. The van der Waals surface area contributed by atoms with Crippen LogP contribution in [0.1, 0.15) is 21.5 Å². The molecule has 0 saturated carbocycles. The number of fused-ring (bicyclic) bond motifs is 1. The lowest BCUT2D eigenvalue weighted by Crippen LogP contribution is -1.99. The Morgan fingerprint density at radius 3 is 2.83 bits per heavy atom. The van der Waals surface area contributed by atoms with Gasteiger partial charge in [0.05, 0.1) is 18.2 Å². The van der Waals surface area contributed by atoms with Crippen LogP contribution in [-0.4, -0.2) is 17.9 Å². The predicted molar refractivity (Wildman–Crippen MR) is 92.8 cm³/mol. The van der Waals surface area contributed by atoms with Crippen LogP contribution in [0, 0.1) is 6.92 Å². The number of nitrogens with zero attached hydrogens (tertiary/aromatic N) is 1. The number of pyridine rings is 1. The molecule has 0 bridgehead atoms. The maximum absolute atomic E-state index is 12.4. The second kappa shape index (κ2) is 6.44. The van der Waals surface area contributed by atoms with E-state index in [1.807, 2.05) is 61.5 Å². The predicted octanol–water partition coefficient (Wildman–Crippen LogP) is 4.45. The number of aromatic nitrogens is 1. The van der Waals surface area contributed by atoms with Crippen molar-refractivity contribution in [3.05, 3.63) is 77.5 Å². The van der Waals surface area contributed by atoms with E-state index < -0.39 is 0 Å². The molecule has 3 rings (SSSR count). The van der Waals surface area contributed by atoms with Crippen LogP contribution in [0.2, 0.25) is 0 Å². The van der Waals surface area contributed by atoms with E-state index in [0.29, 0.717) is 11.3 Å². The van der Waals surface area contributed by atoms with Crippen LogP contribution in [0.3, 0.4) is 0 Å². The third-order valence-corrected chi connectivity index (χ3v) is 3.67. The van der Waals surface area contributed by atoms with Gasteiger partial charge in [-0.2, -0.15) is 0 Å². The van der Waals surface area contributed by atoms with E-state index >= 15 is 0 Å². The third-order valence-electron chi connectivity index (χ3n) is 3.67. The molecule has 0 saturated heterocycles. The number of aryl methyl sites for hydroxylation is 1. The summed E-state index contributed by atoms with van der Waals surface area (Å²) in [5.74, 6) is 0.518. The first-order chi connectivity index (χ1) is 11.2. The minimum absolute atomic E-state index is 0.0724. The first kappa shape index (κ1) is 15.0. The molecular weight excluding hydrogens is 286 g/mol. The summed E-state index contributed by atoms with van der Waals surface area (Å²) in [5, 5.41) is 1.05. The Morgan fingerprint density at radius 2 is 2.00 bits per heavy atom. The summed E-state index contributed by atoms with van der Waals surface area (Å²) < 4.78 is 5.27. The van der Waals surface area contributed by atoms with Crippen LogP contribution in [0.25, 0.3) is 17.0 Å². The lowest BCUT2D eigenvalue weighted by molar-refractivity contribution is 0.104. The quantitative estimate of drug-likeness (QED) is 0.528.